The van der Waals surface area contributed by atoms with Crippen molar-refractivity contribution in [1.29, 1.82) is 0 Å². The number of anilines is 1. The van der Waals surface area contributed by atoms with E-state index in [1.807, 2.05) is 0 Å². The number of hydrogen-bond donors (Lipinski definition) is 2. The Labute approximate surface area is 139 Å². The molecule has 3 N–H and O–H groups in total. The van der Waals surface area contributed by atoms with Crippen LogP contribution in [0.4, 0.5) is 10.1 Å². The number of amides is 1. The van der Waals surface area contributed by atoms with Gasteiger partial charge in [-0.3, -0.25) is 4.79 Å². The van der Waals surface area contributed by atoms with Crippen molar-refractivity contribution in [3.63, 3.8) is 0 Å². The molecule has 0 bridgehead atoms. The second kappa shape index (κ2) is 6.51. The number of halogens is 3. The number of nitrogens with one attached hydrogen (secondary N) is 1. The van der Waals surface area contributed by atoms with E-state index in [2.05, 4.69) is 21.2 Å². The first-order chi connectivity index (χ1) is 9.90. The molecule has 0 aliphatic rings. The highest BCUT2D eigenvalue weighted by Crippen LogP contribution is 2.26. The van der Waals surface area contributed by atoms with Gasteiger partial charge in [-0.1, -0.05) is 36.0 Å². The third kappa shape index (κ3) is 3.58. The molecule has 3 nitrogen and oxygen atoms in total. The van der Waals surface area contributed by atoms with Gasteiger partial charge in [-0.2, -0.15) is 0 Å². The van der Waals surface area contributed by atoms with Gasteiger partial charge in [0.05, 0.1) is 16.3 Å². The van der Waals surface area contributed by atoms with E-state index in [1.54, 1.807) is 18.2 Å². The fourth-order valence-corrected chi connectivity index (χ4v) is 2.49. The van der Waals surface area contributed by atoms with Crippen molar-refractivity contribution in [3.05, 3.63) is 62.8 Å². The third-order valence-electron chi connectivity index (χ3n) is 2.69. The monoisotopic (exact) mass is 386 g/mol. The highest BCUT2D eigenvalue weighted by Gasteiger charge is 2.17. The normalized spacial score (nSPS) is 10.2. The van der Waals surface area contributed by atoms with Crippen LogP contribution < -0.4 is 11.1 Å². The maximum Gasteiger partial charge on any atom is 0.259 e. The number of nitrogens with two attached hydrogens (primary N) is 1. The second-order valence-corrected chi connectivity index (χ2v) is 5.81. The van der Waals surface area contributed by atoms with E-state index in [0.29, 0.717) is 20.7 Å². The molecule has 0 saturated heterocycles. The summed E-state index contributed by atoms with van der Waals surface area (Å²) in [6, 6.07) is 9.01. The first kappa shape index (κ1) is 15.9. The number of carbonyl (C=O) groups excluding carboxylic acids is 1. The molecule has 2 aromatic rings. The zero-order chi connectivity index (χ0) is 15.6. The maximum absolute atomic E-state index is 13.7. The van der Waals surface area contributed by atoms with Crippen LogP contribution in [-0.4, -0.2) is 10.9 Å². The van der Waals surface area contributed by atoms with E-state index in [-0.39, 0.29) is 10.6 Å². The Morgan fingerprint density at radius 3 is 2.67 bits per heavy atom. The summed E-state index contributed by atoms with van der Waals surface area (Å²) in [5.41, 5.74) is 6.29. The lowest BCUT2D eigenvalue weighted by Gasteiger charge is -2.10. The minimum absolute atomic E-state index is 0.103. The van der Waals surface area contributed by atoms with Gasteiger partial charge in [0.2, 0.25) is 0 Å². The summed E-state index contributed by atoms with van der Waals surface area (Å²) in [5.74, 6) is -1.26. The summed E-state index contributed by atoms with van der Waals surface area (Å²) in [6.45, 7) is 0. The highest BCUT2D eigenvalue weighted by atomic mass is 79.9. The zero-order valence-corrected chi connectivity index (χ0v) is 13.7. The van der Waals surface area contributed by atoms with Gasteiger partial charge in [-0.15, -0.1) is 0 Å². The van der Waals surface area contributed by atoms with Crippen molar-refractivity contribution >= 4 is 56.3 Å². The number of hydrogen-bond acceptors (Lipinski definition) is 2. The van der Waals surface area contributed by atoms with E-state index in [9.17, 15) is 9.18 Å². The molecule has 21 heavy (non-hydrogen) atoms. The Morgan fingerprint density at radius 2 is 2.05 bits per heavy atom. The maximum atomic E-state index is 13.7. The summed E-state index contributed by atoms with van der Waals surface area (Å²) >= 11 is 14.0. The molecule has 0 saturated carbocycles. The van der Waals surface area contributed by atoms with Crippen molar-refractivity contribution < 1.29 is 9.18 Å². The molecule has 0 atom stereocenters. The molecule has 0 aromatic heterocycles. The SMILES string of the molecule is NC(=S)c1ccc(Cl)c(NC(=O)c2c(F)cccc2Br)c1. The lowest BCUT2D eigenvalue weighted by atomic mass is 10.1. The summed E-state index contributed by atoms with van der Waals surface area (Å²) in [6.07, 6.45) is 0. The van der Waals surface area contributed by atoms with Crippen molar-refractivity contribution in [1.82, 2.24) is 0 Å². The Hall–Kier alpha value is -1.50. The van der Waals surface area contributed by atoms with Crippen LogP contribution in [0.1, 0.15) is 15.9 Å². The number of rotatable bonds is 3. The Morgan fingerprint density at radius 1 is 1.33 bits per heavy atom. The molecule has 1 amide bonds. The van der Waals surface area contributed by atoms with Gasteiger partial charge in [-0.25, -0.2) is 4.39 Å². The predicted molar refractivity (Wildman–Crippen MR) is 89.4 cm³/mol. The summed E-state index contributed by atoms with van der Waals surface area (Å²) in [4.78, 5) is 12.4. The number of thiocarbonyl (C=S) groups is 1. The van der Waals surface area contributed by atoms with Crippen LogP contribution in [0.3, 0.4) is 0 Å². The van der Waals surface area contributed by atoms with Gasteiger partial charge in [-0.05, 0) is 40.2 Å². The van der Waals surface area contributed by atoms with Crippen LogP contribution >= 0.6 is 39.7 Å². The molecule has 0 unspecified atom stereocenters. The molecular weight excluding hydrogens is 379 g/mol. The van der Waals surface area contributed by atoms with Crippen molar-refractivity contribution in [2.75, 3.05) is 5.32 Å². The van der Waals surface area contributed by atoms with E-state index >= 15 is 0 Å². The molecule has 0 fully saturated rings. The Balaban J connectivity index is 2.36. The largest absolute Gasteiger partial charge is 0.389 e. The minimum Gasteiger partial charge on any atom is -0.389 e. The van der Waals surface area contributed by atoms with Crippen molar-refractivity contribution in [3.8, 4) is 0 Å². The molecule has 2 aromatic carbocycles. The standard InChI is InChI=1S/C14H9BrClFN2OS/c15-8-2-1-3-10(17)12(8)14(20)19-11-6-7(13(18)21)4-5-9(11)16/h1-6H,(H2,18,21)(H,19,20). The van der Waals surface area contributed by atoms with Crippen molar-refractivity contribution in [2.24, 2.45) is 5.73 Å². The first-order valence-corrected chi connectivity index (χ1v) is 7.33. The Kier molecular flexibility index (Phi) is 4.92. The van der Waals surface area contributed by atoms with E-state index in [0.717, 1.165) is 0 Å². The number of benzene rings is 2. The zero-order valence-electron chi connectivity index (χ0n) is 10.5. The van der Waals surface area contributed by atoms with Gasteiger partial charge in [0.15, 0.2) is 0 Å². The molecule has 0 aliphatic carbocycles. The summed E-state index contributed by atoms with van der Waals surface area (Å²) < 4.78 is 14.1. The van der Waals surface area contributed by atoms with Crippen LogP contribution in [0.2, 0.25) is 5.02 Å². The van der Waals surface area contributed by atoms with Gasteiger partial charge in [0.25, 0.3) is 5.91 Å². The van der Waals surface area contributed by atoms with Crippen LogP contribution in [0.15, 0.2) is 40.9 Å². The smallest absolute Gasteiger partial charge is 0.259 e. The fraction of sp³-hybridized carbons (Fsp3) is 0. The summed E-state index contributed by atoms with van der Waals surface area (Å²) in [5, 5.41) is 2.85. The highest BCUT2D eigenvalue weighted by molar-refractivity contribution is 9.10. The average Bonchev–Trinajstić information content (AvgIpc) is 2.40. The van der Waals surface area contributed by atoms with Gasteiger partial charge >= 0.3 is 0 Å². The van der Waals surface area contributed by atoms with Crippen molar-refractivity contribution in [2.45, 2.75) is 0 Å². The lowest BCUT2D eigenvalue weighted by Crippen LogP contribution is -2.16. The molecular formula is C14H9BrClFN2OS. The first-order valence-electron chi connectivity index (χ1n) is 5.75. The van der Waals surface area contributed by atoms with Crippen LogP contribution in [0.5, 0.6) is 0 Å². The van der Waals surface area contributed by atoms with Gasteiger partial charge < -0.3 is 11.1 Å². The van der Waals surface area contributed by atoms with E-state index in [4.69, 9.17) is 29.6 Å². The molecule has 0 spiro atoms. The predicted octanol–water partition coefficient (Wildman–Crippen LogP) is 4.13. The van der Waals surface area contributed by atoms with Gasteiger partial charge in [0, 0.05) is 10.0 Å². The number of carbonyl (C=O) groups is 1. The quantitative estimate of drug-likeness (QED) is 0.779. The topological polar surface area (TPSA) is 55.1 Å². The molecule has 108 valence electrons. The lowest BCUT2D eigenvalue weighted by molar-refractivity contribution is 0.102. The second-order valence-electron chi connectivity index (χ2n) is 4.11. The molecule has 0 radical (unpaired) electrons. The Bertz CT molecular complexity index is 719. The fourth-order valence-electron chi connectivity index (χ4n) is 1.67. The molecule has 0 heterocycles. The van der Waals surface area contributed by atoms with E-state index in [1.165, 1.54) is 18.2 Å². The van der Waals surface area contributed by atoms with E-state index < -0.39 is 11.7 Å². The molecule has 0 aliphatic heterocycles. The van der Waals surface area contributed by atoms with Crippen LogP contribution in [0.25, 0.3) is 0 Å². The minimum atomic E-state index is -0.636. The molecule has 7 heteroatoms. The third-order valence-corrected chi connectivity index (χ3v) is 3.92. The van der Waals surface area contributed by atoms with Crippen LogP contribution in [-0.2, 0) is 0 Å². The average molecular weight is 388 g/mol. The molecule has 2 rings (SSSR count). The van der Waals surface area contributed by atoms with Crippen LogP contribution in [0, 0.1) is 5.82 Å². The summed E-state index contributed by atoms with van der Waals surface area (Å²) in [7, 11) is 0. The van der Waals surface area contributed by atoms with Gasteiger partial charge in [0.1, 0.15) is 10.8 Å².